The molecule has 0 radical (unpaired) electrons. The number of benzene rings is 1. The Balaban J connectivity index is 1.51. The Morgan fingerprint density at radius 3 is 2.66 bits per heavy atom. The van der Waals surface area contributed by atoms with Gasteiger partial charge in [0, 0.05) is 50.0 Å². The van der Waals surface area contributed by atoms with E-state index in [1.165, 1.54) is 29.9 Å². The lowest BCUT2D eigenvalue weighted by molar-refractivity contribution is 0.180. The van der Waals surface area contributed by atoms with E-state index in [2.05, 4.69) is 29.2 Å². The van der Waals surface area contributed by atoms with E-state index in [0.29, 0.717) is 29.6 Å². The van der Waals surface area contributed by atoms with Crippen molar-refractivity contribution in [1.82, 2.24) is 9.88 Å². The van der Waals surface area contributed by atoms with Gasteiger partial charge in [0.05, 0.1) is 17.3 Å². The zero-order chi connectivity index (χ0) is 20.4. The summed E-state index contributed by atoms with van der Waals surface area (Å²) < 4.78 is 5.12. The van der Waals surface area contributed by atoms with Gasteiger partial charge in [0.25, 0.3) is 0 Å². The number of thiazole rings is 1. The van der Waals surface area contributed by atoms with E-state index in [-0.39, 0.29) is 11.8 Å². The Bertz CT molecular complexity index is 900. The molecule has 0 spiro atoms. The lowest BCUT2D eigenvalue weighted by Crippen LogP contribution is -2.34. The molecule has 1 fully saturated rings. The highest BCUT2D eigenvalue weighted by atomic mass is 32.1. The predicted molar refractivity (Wildman–Crippen MR) is 119 cm³/mol. The van der Waals surface area contributed by atoms with Gasteiger partial charge >= 0.3 is 0 Å². The molecule has 1 saturated heterocycles. The molecule has 29 heavy (non-hydrogen) atoms. The van der Waals surface area contributed by atoms with E-state index in [1.54, 1.807) is 7.11 Å². The monoisotopic (exact) mass is 412 g/mol. The van der Waals surface area contributed by atoms with E-state index in [0.717, 1.165) is 30.8 Å². The van der Waals surface area contributed by atoms with E-state index in [4.69, 9.17) is 15.1 Å². The van der Waals surface area contributed by atoms with Gasteiger partial charge in [0.2, 0.25) is 0 Å². The SMILES string of the molecule is COCCCN1C(=N)C(c2nc(-c3ccc(N4CCCC4)cc3)cs2)=C(O)C1C. The highest BCUT2D eigenvalue weighted by molar-refractivity contribution is 7.11. The molecule has 0 bridgehead atoms. The lowest BCUT2D eigenvalue weighted by atomic mass is 10.1. The second-order valence-corrected chi connectivity index (χ2v) is 8.46. The van der Waals surface area contributed by atoms with E-state index in [1.807, 2.05) is 17.2 Å². The highest BCUT2D eigenvalue weighted by Gasteiger charge is 2.35. The average Bonchev–Trinajstić information content (AvgIpc) is 3.46. The summed E-state index contributed by atoms with van der Waals surface area (Å²) >= 11 is 1.48. The van der Waals surface area contributed by atoms with Crippen molar-refractivity contribution < 1.29 is 9.84 Å². The van der Waals surface area contributed by atoms with Gasteiger partial charge in [-0.1, -0.05) is 12.1 Å². The van der Waals surface area contributed by atoms with Crippen LogP contribution in [0.15, 0.2) is 35.4 Å². The Kier molecular flexibility index (Phi) is 5.87. The molecule has 1 aromatic carbocycles. The van der Waals surface area contributed by atoms with Crippen LogP contribution in [0.25, 0.3) is 16.8 Å². The Labute approximate surface area is 176 Å². The number of ether oxygens (including phenoxy) is 1. The van der Waals surface area contributed by atoms with Crippen molar-refractivity contribution in [3.8, 4) is 11.3 Å². The van der Waals surface area contributed by atoms with Crippen LogP contribution >= 0.6 is 11.3 Å². The number of aliphatic hydroxyl groups is 1. The normalized spacial score (nSPS) is 19.7. The van der Waals surface area contributed by atoms with Crippen molar-refractivity contribution in [2.75, 3.05) is 38.3 Å². The molecule has 154 valence electrons. The van der Waals surface area contributed by atoms with Crippen LogP contribution in [0.4, 0.5) is 5.69 Å². The number of methoxy groups -OCH3 is 1. The molecule has 0 saturated carbocycles. The number of aromatic nitrogens is 1. The van der Waals surface area contributed by atoms with Crippen LogP contribution < -0.4 is 4.90 Å². The van der Waals surface area contributed by atoms with Crippen LogP contribution in [0.2, 0.25) is 0 Å². The Morgan fingerprint density at radius 1 is 1.24 bits per heavy atom. The third kappa shape index (κ3) is 3.89. The van der Waals surface area contributed by atoms with Gasteiger partial charge in [0.1, 0.15) is 16.6 Å². The van der Waals surface area contributed by atoms with Crippen LogP contribution in [0.3, 0.4) is 0 Å². The standard InChI is InChI=1S/C22H28N4O2S/c1-15-20(27)19(21(23)26(15)12-5-13-28-2)22-24-18(14-29-22)16-6-8-17(9-7-16)25-10-3-4-11-25/h6-9,14-15,23,27H,3-5,10-13H2,1-2H3. The molecule has 2 aromatic rings. The first-order valence-electron chi connectivity index (χ1n) is 10.2. The van der Waals surface area contributed by atoms with Crippen LogP contribution in [-0.4, -0.2) is 60.2 Å². The molecular formula is C22H28N4O2S. The zero-order valence-electron chi connectivity index (χ0n) is 17.0. The van der Waals surface area contributed by atoms with Gasteiger partial charge in [0.15, 0.2) is 0 Å². The summed E-state index contributed by atoms with van der Waals surface area (Å²) in [6.07, 6.45) is 3.35. The van der Waals surface area contributed by atoms with Crippen molar-refractivity contribution in [2.45, 2.75) is 32.2 Å². The van der Waals surface area contributed by atoms with Crippen LogP contribution in [0, 0.1) is 5.41 Å². The summed E-state index contributed by atoms with van der Waals surface area (Å²) in [6.45, 7) is 5.51. The Hall–Kier alpha value is -2.38. The molecule has 2 aliphatic rings. The van der Waals surface area contributed by atoms with Gasteiger partial charge in [-0.05, 0) is 38.3 Å². The largest absolute Gasteiger partial charge is 0.509 e. The first-order chi connectivity index (χ1) is 14.1. The summed E-state index contributed by atoms with van der Waals surface area (Å²) in [5.74, 6) is 0.578. The van der Waals surface area contributed by atoms with Gasteiger partial charge in [-0.3, -0.25) is 5.41 Å². The molecular weight excluding hydrogens is 384 g/mol. The second-order valence-electron chi connectivity index (χ2n) is 7.60. The fourth-order valence-corrected chi connectivity index (χ4v) is 4.93. The zero-order valence-corrected chi connectivity index (χ0v) is 17.8. The number of nitrogens with zero attached hydrogens (tertiary/aromatic N) is 3. The third-order valence-corrected chi connectivity index (χ3v) is 6.60. The predicted octanol–water partition coefficient (Wildman–Crippen LogP) is 4.40. The van der Waals surface area contributed by atoms with E-state index >= 15 is 0 Å². The van der Waals surface area contributed by atoms with Crippen LogP contribution in [-0.2, 0) is 4.74 Å². The summed E-state index contributed by atoms with van der Waals surface area (Å²) in [5.41, 5.74) is 3.77. The van der Waals surface area contributed by atoms with E-state index in [9.17, 15) is 5.11 Å². The number of nitrogens with one attached hydrogen (secondary N) is 1. The molecule has 2 N–H and O–H groups in total. The smallest absolute Gasteiger partial charge is 0.135 e. The van der Waals surface area contributed by atoms with Gasteiger partial charge in [-0.25, -0.2) is 4.98 Å². The number of hydrogen-bond donors (Lipinski definition) is 2. The van der Waals surface area contributed by atoms with Gasteiger partial charge in [-0.2, -0.15) is 0 Å². The van der Waals surface area contributed by atoms with Crippen molar-refractivity contribution in [1.29, 1.82) is 5.41 Å². The molecule has 6 nitrogen and oxygen atoms in total. The maximum atomic E-state index is 10.7. The topological polar surface area (TPSA) is 72.7 Å². The number of anilines is 1. The second kappa shape index (κ2) is 8.55. The number of rotatable bonds is 7. The molecule has 2 aliphatic heterocycles. The maximum absolute atomic E-state index is 10.7. The summed E-state index contributed by atoms with van der Waals surface area (Å²) in [4.78, 5) is 9.08. The fraction of sp³-hybridized carbons (Fsp3) is 0.455. The van der Waals surface area contributed by atoms with Gasteiger partial charge in [-0.15, -0.1) is 11.3 Å². The third-order valence-electron chi connectivity index (χ3n) is 5.74. The molecule has 0 amide bonds. The van der Waals surface area contributed by atoms with Crippen molar-refractivity contribution in [2.24, 2.45) is 0 Å². The summed E-state index contributed by atoms with van der Waals surface area (Å²) in [6, 6.07) is 8.34. The molecule has 7 heteroatoms. The minimum absolute atomic E-state index is 0.207. The number of aliphatic hydroxyl groups excluding tert-OH is 1. The first-order valence-corrected chi connectivity index (χ1v) is 11.1. The Morgan fingerprint density at radius 2 is 1.97 bits per heavy atom. The van der Waals surface area contributed by atoms with E-state index < -0.39 is 0 Å². The fourth-order valence-electron chi connectivity index (χ4n) is 4.05. The molecule has 1 atom stereocenters. The van der Waals surface area contributed by atoms with Crippen molar-refractivity contribution >= 4 is 28.4 Å². The highest BCUT2D eigenvalue weighted by Crippen LogP contribution is 2.35. The lowest BCUT2D eigenvalue weighted by Gasteiger charge is -2.23. The molecule has 1 unspecified atom stereocenters. The quantitative estimate of drug-likeness (QED) is 0.660. The maximum Gasteiger partial charge on any atom is 0.135 e. The minimum Gasteiger partial charge on any atom is -0.509 e. The van der Waals surface area contributed by atoms with Crippen molar-refractivity contribution in [3.63, 3.8) is 0 Å². The summed E-state index contributed by atoms with van der Waals surface area (Å²) in [7, 11) is 1.68. The molecule has 4 rings (SSSR count). The molecule has 3 heterocycles. The van der Waals surface area contributed by atoms with Crippen molar-refractivity contribution in [3.05, 3.63) is 40.4 Å². The number of amidine groups is 1. The van der Waals surface area contributed by atoms with Gasteiger partial charge < -0.3 is 19.6 Å². The first kappa shape index (κ1) is 19.9. The average molecular weight is 413 g/mol. The minimum atomic E-state index is -0.207. The molecule has 1 aromatic heterocycles. The van der Waals surface area contributed by atoms with Crippen LogP contribution in [0.1, 0.15) is 31.2 Å². The number of hydrogen-bond acceptors (Lipinski definition) is 6. The molecule has 0 aliphatic carbocycles. The van der Waals surface area contributed by atoms with Crippen LogP contribution in [0.5, 0.6) is 0 Å². The summed E-state index contributed by atoms with van der Waals surface area (Å²) in [5, 5.41) is 21.9.